The lowest BCUT2D eigenvalue weighted by Crippen LogP contribution is -2.13. The van der Waals surface area contributed by atoms with Gasteiger partial charge in [-0.2, -0.15) is 0 Å². The summed E-state index contributed by atoms with van der Waals surface area (Å²) < 4.78 is 5.04. The molecule has 0 radical (unpaired) electrons. The highest BCUT2D eigenvalue weighted by atomic mass is 16.6. The Morgan fingerprint density at radius 2 is 1.85 bits per heavy atom. The van der Waals surface area contributed by atoms with Crippen LogP contribution < -0.4 is 10.9 Å². The van der Waals surface area contributed by atoms with E-state index < -0.39 is 27.6 Å². The molecule has 0 spiro atoms. The predicted molar refractivity (Wildman–Crippen MR) is 94.3 cm³/mol. The third-order valence-electron chi connectivity index (χ3n) is 3.59. The van der Waals surface area contributed by atoms with Gasteiger partial charge in [0.15, 0.2) is 5.78 Å². The summed E-state index contributed by atoms with van der Waals surface area (Å²) in [5.41, 5.74) is -0.778. The number of nitrogens with one attached hydrogen (secondary N) is 1. The fourth-order valence-electron chi connectivity index (χ4n) is 2.33. The van der Waals surface area contributed by atoms with Gasteiger partial charge in [-0.05, 0) is 24.3 Å². The number of fused-ring (bicyclic) bond motifs is 1. The Bertz CT molecular complexity index is 1080. The summed E-state index contributed by atoms with van der Waals surface area (Å²) in [7, 11) is 0. The lowest BCUT2D eigenvalue weighted by atomic mass is 10.1. The highest BCUT2D eigenvalue weighted by Crippen LogP contribution is 2.26. The molecule has 0 aliphatic heterocycles. The zero-order chi connectivity index (χ0) is 18.7. The number of carbonyl (C=O) groups excluding carboxylic acids is 1. The van der Waals surface area contributed by atoms with Gasteiger partial charge in [0.05, 0.1) is 10.3 Å². The maximum atomic E-state index is 12.2. The number of nitrogens with zero attached hydrogens (tertiary/aromatic N) is 1. The average molecular weight is 352 g/mol. The van der Waals surface area contributed by atoms with Crippen LogP contribution in [0.15, 0.2) is 70.0 Å². The maximum Gasteiger partial charge on any atom is 0.351 e. The number of hydrogen-bond donors (Lipinski definition) is 2. The molecule has 3 rings (SSSR count). The van der Waals surface area contributed by atoms with Crippen LogP contribution in [0.5, 0.6) is 5.75 Å². The van der Waals surface area contributed by atoms with Crippen LogP contribution in [0, 0.1) is 10.1 Å². The number of para-hydroxylation sites is 1. The third-order valence-corrected chi connectivity index (χ3v) is 3.59. The number of non-ortho nitro benzene ring substituents is 1. The fourth-order valence-corrected chi connectivity index (χ4v) is 2.33. The van der Waals surface area contributed by atoms with Crippen LogP contribution >= 0.6 is 0 Å². The molecule has 0 fully saturated rings. The zero-order valence-electron chi connectivity index (χ0n) is 13.2. The Morgan fingerprint density at radius 3 is 2.54 bits per heavy atom. The summed E-state index contributed by atoms with van der Waals surface area (Å²) in [6.45, 7) is 0. The Labute approximate surface area is 146 Å². The normalized spacial score (nSPS) is 10.9. The molecule has 3 aromatic rings. The van der Waals surface area contributed by atoms with Crippen molar-refractivity contribution in [3.05, 3.63) is 86.9 Å². The van der Waals surface area contributed by atoms with E-state index in [1.54, 1.807) is 12.1 Å². The molecule has 130 valence electrons. The van der Waals surface area contributed by atoms with Gasteiger partial charge in [-0.25, -0.2) is 4.79 Å². The molecule has 0 unspecified atom stereocenters. The maximum absolute atomic E-state index is 12.2. The van der Waals surface area contributed by atoms with Gasteiger partial charge in [0.2, 0.25) is 0 Å². The standard InChI is InChI=1S/C18H12N2O6/c21-14(9-10-19-11-5-7-12(8-6-11)20(24)25)16-17(22)13-3-1-2-4-15(13)26-18(16)23/h1-10,19,22H/b10-9+. The molecular formula is C18H12N2O6. The number of nitro benzene ring substituents is 1. The number of hydrogen-bond acceptors (Lipinski definition) is 7. The van der Waals surface area contributed by atoms with E-state index in [-0.39, 0.29) is 16.7 Å². The van der Waals surface area contributed by atoms with Crippen molar-refractivity contribution in [2.45, 2.75) is 0 Å². The lowest BCUT2D eigenvalue weighted by Gasteiger charge is -2.03. The van der Waals surface area contributed by atoms with Crippen molar-refractivity contribution in [2.24, 2.45) is 0 Å². The number of carbonyl (C=O) groups is 1. The highest BCUT2D eigenvalue weighted by molar-refractivity contribution is 6.09. The Kier molecular flexibility index (Phi) is 4.48. The SMILES string of the molecule is O=C(/C=C/Nc1ccc([N+](=O)[O-])cc1)c1c(O)c2ccccc2oc1=O. The number of allylic oxidation sites excluding steroid dienone is 1. The van der Waals surface area contributed by atoms with Crippen molar-refractivity contribution in [3.8, 4) is 5.75 Å². The molecule has 0 amide bonds. The van der Waals surface area contributed by atoms with Crippen molar-refractivity contribution in [3.63, 3.8) is 0 Å². The lowest BCUT2D eigenvalue weighted by molar-refractivity contribution is -0.384. The van der Waals surface area contributed by atoms with E-state index in [2.05, 4.69) is 5.32 Å². The number of benzene rings is 2. The molecule has 8 heteroatoms. The molecular weight excluding hydrogens is 340 g/mol. The molecule has 2 N–H and O–H groups in total. The van der Waals surface area contributed by atoms with Gasteiger partial charge < -0.3 is 14.8 Å². The topological polar surface area (TPSA) is 123 Å². The highest BCUT2D eigenvalue weighted by Gasteiger charge is 2.18. The van der Waals surface area contributed by atoms with Crippen LogP contribution in [-0.4, -0.2) is 15.8 Å². The number of rotatable bonds is 5. The van der Waals surface area contributed by atoms with Gasteiger partial charge in [0, 0.05) is 30.1 Å². The second-order valence-corrected chi connectivity index (χ2v) is 5.26. The average Bonchev–Trinajstić information content (AvgIpc) is 2.62. The van der Waals surface area contributed by atoms with Gasteiger partial charge in [-0.3, -0.25) is 14.9 Å². The predicted octanol–water partition coefficient (Wildman–Crippen LogP) is 3.22. The monoisotopic (exact) mass is 352 g/mol. The first-order valence-electron chi connectivity index (χ1n) is 7.44. The van der Waals surface area contributed by atoms with Crippen LogP contribution in [-0.2, 0) is 0 Å². The Balaban J connectivity index is 1.81. The molecule has 1 aromatic heterocycles. The molecule has 0 atom stereocenters. The van der Waals surface area contributed by atoms with E-state index in [0.717, 1.165) is 6.08 Å². The number of nitro groups is 1. The van der Waals surface area contributed by atoms with Gasteiger partial charge >= 0.3 is 5.63 Å². The van der Waals surface area contributed by atoms with Crippen LogP contribution in [0.3, 0.4) is 0 Å². The van der Waals surface area contributed by atoms with Gasteiger partial charge in [0.1, 0.15) is 16.9 Å². The molecule has 0 aliphatic carbocycles. The second-order valence-electron chi connectivity index (χ2n) is 5.26. The first kappa shape index (κ1) is 16.9. The van der Waals surface area contributed by atoms with Gasteiger partial charge in [-0.1, -0.05) is 12.1 Å². The Hall–Kier alpha value is -3.94. The van der Waals surface area contributed by atoms with Crippen molar-refractivity contribution >= 4 is 28.1 Å². The molecule has 0 bridgehead atoms. The molecule has 0 aliphatic rings. The smallest absolute Gasteiger partial charge is 0.351 e. The Morgan fingerprint density at radius 1 is 1.15 bits per heavy atom. The molecule has 1 heterocycles. The quantitative estimate of drug-likeness (QED) is 0.238. The van der Waals surface area contributed by atoms with Gasteiger partial charge in [0.25, 0.3) is 5.69 Å². The molecule has 2 aromatic carbocycles. The molecule has 0 saturated heterocycles. The molecule has 26 heavy (non-hydrogen) atoms. The minimum atomic E-state index is -0.939. The van der Waals surface area contributed by atoms with Crippen molar-refractivity contribution in [2.75, 3.05) is 5.32 Å². The van der Waals surface area contributed by atoms with Crippen LogP contribution in [0.4, 0.5) is 11.4 Å². The van der Waals surface area contributed by atoms with Gasteiger partial charge in [-0.15, -0.1) is 0 Å². The first-order valence-corrected chi connectivity index (χ1v) is 7.44. The van der Waals surface area contributed by atoms with E-state index >= 15 is 0 Å². The minimum Gasteiger partial charge on any atom is -0.506 e. The first-order chi connectivity index (χ1) is 12.5. The number of ketones is 1. The van der Waals surface area contributed by atoms with E-state index in [0.29, 0.717) is 5.69 Å². The summed E-state index contributed by atoms with van der Waals surface area (Å²) >= 11 is 0. The molecule has 0 saturated carbocycles. The summed E-state index contributed by atoms with van der Waals surface area (Å²) in [6, 6.07) is 11.9. The van der Waals surface area contributed by atoms with E-state index in [9.17, 15) is 24.8 Å². The molecule has 8 nitrogen and oxygen atoms in total. The van der Waals surface area contributed by atoms with Crippen LogP contribution in [0.1, 0.15) is 10.4 Å². The summed E-state index contributed by atoms with van der Waals surface area (Å²) in [5.74, 6) is -1.18. The number of aromatic hydroxyl groups is 1. The largest absolute Gasteiger partial charge is 0.506 e. The van der Waals surface area contributed by atoms with Crippen LogP contribution in [0.2, 0.25) is 0 Å². The summed E-state index contributed by atoms with van der Waals surface area (Å²) in [6.07, 6.45) is 2.32. The number of anilines is 1. The zero-order valence-corrected chi connectivity index (χ0v) is 13.2. The minimum absolute atomic E-state index is 0.0608. The van der Waals surface area contributed by atoms with Crippen LogP contribution in [0.25, 0.3) is 11.0 Å². The summed E-state index contributed by atoms with van der Waals surface area (Å²) in [4.78, 5) is 34.3. The third kappa shape index (κ3) is 3.29. The summed E-state index contributed by atoms with van der Waals surface area (Å²) in [5, 5.41) is 23.8. The fraction of sp³-hybridized carbons (Fsp3) is 0. The van der Waals surface area contributed by atoms with E-state index in [1.165, 1.54) is 42.6 Å². The van der Waals surface area contributed by atoms with Crippen molar-refractivity contribution < 1.29 is 19.2 Å². The van der Waals surface area contributed by atoms with E-state index in [4.69, 9.17) is 4.42 Å². The van der Waals surface area contributed by atoms with Crippen molar-refractivity contribution in [1.29, 1.82) is 0 Å². The second kappa shape index (κ2) is 6.89. The van der Waals surface area contributed by atoms with Crippen molar-refractivity contribution in [1.82, 2.24) is 0 Å². The van der Waals surface area contributed by atoms with E-state index in [1.807, 2.05) is 0 Å².